The van der Waals surface area contributed by atoms with Crippen LogP contribution in [0.1, 0.15) is 22.8 Å². The molecule has 0 heterocycles. The summed E-state index contributed by atoms with van der Waals surface area (Å²) in [6, 6.07) is 10.8. The molecule has 24 heavy (non-hydrogen) atoms. The van der Waals surface area contributed by atoms with Crippen molar-refractivity contribution in [2.45, 2.75) is 13.8 Å². The topological polar surface area (TPSA) is 64.6 Å². The van der Waals surface area contributed by atoms with Gasteiger partial charge in [0.1, 0.15) is 6.29 Å². The fourth-order valence-electron chi connectivity index (χ4n) is 2.12. The number of aldehydes is 1. The van der Waals surface area contributed by atoms with Crippen LogP contribution in [0.5, 0.6) is 11.5 Å². The first-order valence-electron chi connectivity index (χ1n) is 7.44. The highest BCUT2D eigenvalue weighted by Gasteiger charge is 2.14. The number of amides is 1. The molecule has 2 aromatic carbocycles. The zero-order chi connectivity index (χ0) is 17.5. The molecule has 0 unspecified atom stereocenters. The number of aryl methyl sites for hydroxylation is 1. The highest BCUT2D eigenvalue weighted by molar-refractivity contribution is 14.1. The molecule has 1 amide bonds. The van der Waals surface area contributed by atoms with E-state index in [1.807, 2.05) is 38.1 Å². The van der Waals surface area contributed by atoms with Crippen LogP contribution in [0.4, 0.5) is 5.69 Å². The van der Waals surface area contributed by atoms with E-state index < -0.39 is 0 Å². The van der Waals surface area contributed by atoms with Gasteiger partial charge in [0.15, 0.2) is 18.1 Å². The van der Waals surface area contributed by atoms with Crippen molar-refractivity contribution in [2.75, 3.05) is 18.5 Å². The standard InChI is InChI=1S/C18H18INO4/c1-3-23-16-9-13(10-21)8-15(19)18(16)24-11-17(22)20-14-6-4-5-12(2)7-14/h4-10H,3,11H2,1-2H3,(H,20,22). The van der Waals surface area contributed by atoms with E-state index in [2.05, 4.69) is 27.9 Å². The highest BCUT2D eigenvalue weighted by Crippen LogP contribution is 2.33. The van der Waals surface area contributed by atoms with Crippen LogP contribution in [0.15, 0.2) is 36.4 Å². The first kappa shape index (κ1) is 18.3. The summed E-state index contributed by atoms with van der Waals surface area (Å²) in [6.45, 7) is 4.08. The maximum atomic E-state index is 12.1. The van der Waals surface area contributed by atoms with Gasteiger partial charge in [-0.1, -0.05) is 12.1 Å². The SMILES string of the molecule is CCOc1cc(C=O)cc(I)c1OCC(=O)Nc1cccc(C)c1. The van der Waals surface area contributed by atoms with Crippen LogP contribution < -0.4 is 14.8 Å². The van der Waals surface area contributed by atoms with Gasteiger partial charge in [-0.2, -0.15) is 0 Å². The fourth-order valence-corrected chi connectivity index (χ4v) is 2.90. The molecule has 0 saturated carbocycles. The van der Waals surface area contributed by atoms with E-state index in [9.17, 15) is 9.59 Å². The quantitative estimate of drug-likeness (QED) is 0.526. The van der Waals surface area contributed by atoms with Crippen LogP contribution in [-0.2, 0) is 4.79 Å². The normalized spacial score (nSPS) is 10.1. The summed E-state index contributed by atoms with van der Waals surface area (Å²) >= 11 is 2.05. The van der Waals surface area contributed by atoms with Crippen LogP contribution in [0.25, 0.3) is 0 Å². The van der Waals surface area contributed by atoms with Crippen LogP contribution in [-0.4, -0.2) is 25.4 Å². The molecule has 0 radical (unpaired) electrons. The number of benzene rings is 2. The third-order valence-electron chi connectivity index (χ3n) is 3.12. The smallest absolute Gasteiger partial charge is 0.262 e. The minimum atomic E-state index is -0.265. The van der Waals surface area contributed by atoms with Crippen LogP contribution >= 0.6 is 22.6 Å². The summed E-state index contributed by atoms with van der Waals surface area (Å²) in [5.74, 6) is 0.649. The number of hydrogen-bond acceptors (Lipinski definition) is 4. The van der Waals surface area contributed by atoms with Gasteiger partial charge in [0, 0.05) is 11.3 Å². The molecule has 0 saturated heterocycles. The molecule has 0 atom stereocenters. The van der Waals surface area contributed by atoms with Crippen molar-refractivity contribution in [1.82, 2.24) is 0 Å². The van der Waals surface area contributed by atoms with E-state index in [1.54, 1.807) is 12.1 Å². The average Bonchev–Trinajstić information content (AvgIpc) is 2.54. The van der Waals surface area contributed by atoms with Crippen LogP contribution in [0.3, 0.4) is 0 Å². The third-order valence-corrected chi connectivity index (χ3v) is 3.92. The Balaban J connectivity index is 2.07. The molecule has 0 bridgehead atoms. The zero-order valence-corrected chi connectivity index (χ0v) is 15.6. The van der Waals surface area contributed by atoms with Crippen molar-refractivity contribution in [3.8, 4) is 11.5 Å². The number of nitrogens with one attached hydrogen (secondary N) is 1. The van der Waals surface area contributed by atoms with Gasteiger partial charge in [0.25, 0.3) is 5.91 Å². The lowest BCUT2D eigenvalue weighted by atomic mass is 10.2. The lowest BCUT2D eigenvalue weighted by molar-refractivity contribution is -0.118. The summed E-state index contributed by atoms with van der Waals surface area (Å²) in [4.78, 5) is 23.0. The Morgan fingerprint density at radius 3 is 2.71 bits per heavy atom. The molecule has 6 heteroatoms. The van der Waals surface area contributed by atoms with E-state index in [1.165, 1.54) is 0 Å². The van der Waals surface area contributed by atoms with Crippen molar-refractivity contribution in [3.05, 3.63) is 51.1 Å². The Bertz CT molecular complexity index is 746. The number of rotatable bonds is 7. The molecule has 0 fully saturated rings. The summed E-state index contributed by atoms with van der Waals surface area (Å²) in [5, 5.41) is 2.78. The van der Waals surface area contributed by atoms with Crippen molar-refractivity contribution in [2.24, 2.45) is 0 Å². The Labute approximate surface area is 154 Å². The molecule has 0 aliphatic rings. The first-order chi connectivity index (χ1) is 11.5. The second-order valence-electron chi connectivity index (χ2n) is 5.09. The number of carbonyl (C=O) groups is 2. The van der Waals surface area contributed by atoms with Gasteiger partial charge in [0.2, 0.25) is 0 Å². The minimum Gasteiger partial charge on any atom is -0.490 e. The zero-order valence-electron chi connectivity index (χ0n) is 13.5. The predicted octanol–water partition coefficient (Wildman–Crippen LogP) is 3.83. The molecule has 0 spiro atoms. The van der Waals surface area contributed by atoms with Crippen molar-refractivity contribution < 1.29 is 19.1 Å². The second-order valence-corrected chi connectivity index (χ2v) is 6.25. The van der Waals surface area contributed by atoms with Gasteiger partial charge in [-0.05, 0) is 66.3 Å². The Morgan fingerprint density at radius 1 is 1.25 bits per heavy atom. The maximum absolute atomic E-state index is 12.1. The molecule has 0 aliphatic heterocycles. The van der Waals surface area contributed by atoms with E-state index in [0.29, 0.717) is 27.2 Å². The van der Waals surface area contributed by atoms with Gasteiger partial charge in [0.05, 0.1) is 10.2 Å². The highest BCUT2D eigenvalue weighted by atomic mass is 127. The molecular formula is C18H18INO4. The van der Waals surface area contributed by atoms with Gasteiger partial charge < -0.3 is 14.8 Å². The van der Waals surface area contributed by atoms with Crippen molar-refractivity contribution in [3.63, 3.8) is 0 Å². The fraction of sp³-hybridized carbons (Fsp3) is 0.222. The third kappa shape index (κ3) is 4.95. The minimum absolute atomic E-state index is 0.148. The molecule has 5 nitrogen and oxygen atoms in total. The van der Waals surface area contributed by atoms with Crippen LogP contribution in [0, 0.1) is 10.5 Å². The van der Waals surface area contributed by atoms with E-state index in [4.69, 9.17) is 9.47 Å². The molecule has 0 aromatic heterocycles. The number of carbonyl (C=O) groups excluding carboxylic acids is 2. The summed E-state index contributed by atoms with van der Waals surface area (Å²) < 4.78 is 11.8. The van der Waals surface area contributed by atoms with E-state index in [-0.39, 0.29) is 12.5 Å². The van der Waals surface area contributed by atoms with E-state index >= 15 is 0 Å². The lowest BCUT2D eigenvalue weighted by Crippen LogP contribution is -2.20. The molecule has 2 rings (SSSR count). The van der Waals surface area contributed by atoms with Gasteiger partial charge in [-0.25, -0.2) is 0 Å². The predicted molar refractivity (Wildman–Crippen MR) is 101 cm³/mol. The average molecular weight is 439 g/mol. The Hall–Kier alpha value is -2.09. The second kappa shape index (κ2) is 8.68. The van der Waals surface area contributed by atoms with Crippen molar-refractivity contribution >= 4 is 40.5 Å². The van der Waals surface area contributed by atoms with Crippen molar-refractivity contribution in [1.29, 1.82) is 0 Å². The van der Waals surface area contributed by atoms with Crippen LogP contribution in [0.2, 0.25) is 0 Å². The van der Waals surface area contributed by atoms with Gasteiger partial charge in [-0.3, -0.25) is 9.59 Å². The summed E-state index contributed by atoms with van der Waals surface area (Å²) in [7, 11) is 0. The molecule has 2 aromatic rings. The lowest BCUT2D eigenvalue weighted by Gasteiger charge is -2.14. The Kier molecular flexibility index (Phi) is 6.60. The largest absolute Gasteiger partial charge is 0.490 e. The molecule has 126 valence electrons. The monoisotopic (exact) mass is 439 g/mol. The molecule has 1 N–H and O–H groups in total. The van der Waals surface area contributed by atoms with E-state index in [0.717, 1.165) is 17.5 Å². The first-order valence-corrected chi connectivity index (χ1v) is 8.52. The maximum Gasteiger partial charge on any atom is 0.262 e. The molecular weight excluding hydrogens is 421 g/mol. The number of ether oxygens (including phenoxy) is 2. The molecule has 0 aliphatic carbocycles. The Morgan fingerprint density at radius 2 is 2.04 bits per heavy atom. The summed E-state index contributed by atoms with van der Waals surface area (Å²) in [5.41, 5.74) is 2.28. The van der Waals surface area contributed by atoms with Gasteiger partial charge >= 0.3 is 0 Å². The number of halogens is 1. The summed E-state index contributed by atoms with van der Waals surface area (Å²) in [6.07, 6.45) is 0.749. The number of anilines is 1. The number of hydrogen-bond donors (Lipinski definition) is 1. The van der Waals surface area contributed by atoms with Gasteiger partial charge in [-0.15, -0.1) is 0 Å².